The Labute approximate surface area is 228 Å². The van der Waals surface area contributed by atoms with E-state index in [0.29, 0.717) is 36.4 Å². The van der Waals surface area contributed by atoms with Gasteiger partial charge in [0.25, 0.3) is 11.5 Å². The van der Waals surface area contributed by atoms with Crippen LogP contribution >= 0.6 is 0 Å². The minimum Gasteiger partial charge on any atom is -0.336 e. The molecule has 0 spiro atoms. The summed E-state index contributed by atoms with van der Waals surface area (Å²) in [6.07, 6.45) is 1.09. The van der Waals surface area contributed by atoms with Crippen LogP contribution < -0.4 is 5.56 Å². The molecule has 0 N–H and O–H groups in total. The second-order valence-corrected chi connectivity index (χ2v) is 10.6. The summed E-state index contributed by atoms with van der Waals surface area (Å²) >= 11 is 0. The quantitative estimate of drug-likeness (QED) is 0.452. The Balaban J connectivity index is 1.36. The molecule has 0 unspecified atom stereocenters. The van der Waals surface area contributed by atoms with Crippen molar-refractivity contribution >= 4 is 11.8 Å². The zero-order valence-corrected chi connectivity index (χ0v) is 21.7. The lowest BCUT2D eigenvalue weighted by Gasteiger charge is -2.37. The molecular weight excluding hydrogens is 523 g/mol. The van der Waals surface area contributed by atoms with E-state index in [4.69, 9.17) is 5.10 Å². The normalized spacial score (nSPS) is 18.7. The summed E-state index contributed by atoms with van der Waals surface area (Å²) in [5, 5.41) is 4.93. The van der Waals surface area contributed by atoms with Gasteiger partial charge in [0, 0.05) is 55.9 Å². The fraction of sp³-hybridized carbons (Fsp3) is 0.379. The zero-order valence-electron chi connectivity index (χ0n) is 21.7. The summed E-state index contributed by atoms with van der Waals surface area (Å²) in [5.74, 6) is -0.107. The highest BCUT2D eigenvalue weighted by atomic mass is 19.4. The molecule has 2 aromatic heterocycles. The largest absolute Gasteiger partial charge is 0.406 e. The molecular formula is C29H28F3N5O3. The Morgan fingerprint density at radius 3 is 2.48 bits per heavy atom. The molecule has 4 heterocycles. The SMILES string of the molecule is C=CC(=O)N1CCc2nn(-c3ccc(C4CC4)cc3)c3c2[C@@H](C1)N(C(=O)c1ccn(CC(F)(F)F)c(=O)c1)CC3. The number of carbonyl (C=O) groups excluding carboxylic acids is 2. The predicted octanol–water partition coefficient (Wildman–Crippen LogP) is 3.78. The minimum atomic E-state index is -4.56. The second-order valence-electron chi connectivity index (χ2n) is 10.6. The van der Waals surface area contributed by atoms with E-state index >= 15 is 0 Å². The third kappa shape index (κ3) is 4.84. The van der Waals surface area contributed by atoms with E-state index in [1.165, 1.54) is 30.5 Å². The van der Waals surface area contributed by atoms with Gasteiger partial charge in [0.15, 0.2) is 0 Å². The molecule has 3 aromatic rings. The molecule has 11 heteroatoms. The number of benzene rings is 1. The van der Waals surface area contributed by atoms with E-state index in [1.54, 1.807) is 9.80 Å². The van der Waals surface area contributed by atoms with E-state index in [2.05, 4.69) is 30.8 Å². The van der Waals surface area contributed by atoms with Gasteiger partial charge in [-0.25, -0.2) is 4.68 Å². The van der Waals surface area contributed by atoms with Crippen LogP contribution in [0.25, 0.3) is 5.69 Å². The number of pyridine rings is 1. The van der Waals surface area contributed by atoms with E-state index in [0.717, 1.165) is 34.9 Å². The van der Waals surface area contributed by atoms with Crippen molar-refractivity contribution in [1.29, 1.82) is 0 Å². The van der Waals surface area contributed by atoms with Crippen LogP contribution in [-0.4, -0.2) is 61.8 Å². The van der Waals surface area contributed by atoms with Gasteiger partial charge in [-0.05, 0) is 48.6 Å². The molecule has 2 aliphatic heterocycles. The number of alkyl halides is 3. The van der Waals surface area contributed by atoms with Gasteiger partial charge in [0.1, 0.15) is 6.54 Å². The monoisotopic (exact) mass is 551 g/mol. The zero-order chi connectivity index (χ0) is 28.2. The molecule has 1 aliphatic carbocycles. The highest BCUT2D eigenvalue weighted by Crippen LogP contribution is 2.41. The van der Waals surface area contributed by atoms with Crippen LogP contribution in [0.1, 0.15) is 57.7 Å². The molecule has 1 atom stereocenters. The number of hydrogen-bond acceptors (Lipinski definition) is 4. The van der Waals surface area contributed by atoms with Crippen molar-refractivity contribution in [1.82, 2.24) is 24.1 Å². The Morgan fingerprint density at radius 2 is 1.82 bits per heavy atom. The molecule has 1 fully saturated rings. The van der Waals surface area contributed by atoms with Gasteiger partial charge in [-0.2, -0.15) is 18.3 Å². The van der Waals surface area contributed by atoms with E-state index in [1.807, 2.05) is 4.68 Å². The topological polar surface area (TPSA) is 80.4 Å². The number of hydrogen-bond donors (Lipinski definition) is 0. The van der Waals surface area contributed by atoms with Crippen LogP contribution in [0.15, 0.2) is 60.0 Å². The number of halogens is 3. The molecule has 1 aromatic carbocycles. The first-order valence-electron chi connectivity index (χ1n) is 13.3. The van der Waals surface area contributed by atoms with Crippen molar-refractivity contribution in [2.24, 2.45) is 0 Å². The summed E-state index contributed by atoms with van der Waals surface area (Å²) in [6.45, 7) is 3.08. The summed E-state index contributed by atoms with van der Waals surface area (Å²) in [6, 6.07) is 10.0. The van der Waals surface area contributed by atoms with E-state index in [9.17, 15) is 27.6 Å². The molecule has 40 heavy (non-hydrogen) atoms. The molecule has 8 nitrogen and oxygen atoms in total. The molecule has 208 valence electrons. The smallest absolute Gasteiger partial charge is 0.336 e. The third-order valence-electron chi connectivity index (χ3n) is 7.94. The Hall–Kier alpha value is -4.15. The predicted molar refractivity (Wildman–Crippen MR) is 140 cm³/mol. The first-order chi connectivity index (χ1) is 19.1. The maximum atomic E-state index is 13.7. The highest BCUT2D eigenvalue weighted by Gasteiger charge is 2.40. The van der Waals surface area contributed by atoms with Crippen molar-refractivity contribution in [3.8, 4) is 5.69 Å². The second kappa shape index (κ2) is 9.79. The van der Waals surface area contributed by atoms with Crippen LogP contribution in [-0.2, 0) is 24.2 Å². The Bertz CT molecular complexity index is 1550. The summed E-state index contributed by atoms with van der Waals surface area (Å²) in [5.41, 5.74) is 3.99. The lowest BCUT2D eigenvalue weighted by molar-refractivity contribution is -0.141. The first-order valence-corrected chi connectivity index (χ1v) is 13.3. The van der Waals surface area contributed by atoms with Gasteiger partial charge >= 0.3 is 6.18 Å². The molecule has 3 aliphatic rings. The summed E-state index contributed by atoms with van der Waals surface area (Å²) in [4.78, 5) is 42.0. The maximum Gasteiger partial charge on any atom is 0.406 e. The van der Waals surface area contributed by atoms with Gasteiger partial charge in [-0.15, -0.1) is 0 Å². The molecule has 6 rings (SSSR count). The van der Waals surface area contributed by atoms with Crippen LogP contribution in [0.2, 0.25) is 0 Å². The Morgan fingerprint density at radius 1 is 1.07 bits per heavy atom. The molecule has 1 saturated carbocycles. The Kier molecular flexibility index (Phi) is 6.39. The minimum absolute atomic E-state index is 0.00215. The van der Waals surface area contributed by atoms with Crippen molar-refractivity contribution in [3.05, 3.63) is 93.7 Å². The summed E-state index contributed by atoms with van der Waals surface area (Å²) < 4.78 is 40.9. The van der Waals surface area contributed by atoms with E-state index < -0.39 is 30.2 Å². The van der Waals surface area contributed by atoms with Gasteiger partial charge in [0.05, 0.1) is 23.1 Å². The van der Waals surface area contributed by atoms with Crippen LogP contribution in [0.4, 0.5) is 13.2 Å². The maximum absolute atomic E-state index is 13.7. The third-order valence-corrected chi connectivity index (χ3v) is 7.94. The number of amides is 2. The number of nitrogens with zero attached hydrogens (tertiary/aromatic N) is 5. The average molecular weight is 552 g/mol. The van der Waals surface area contributed by atoms with Gasteiger partial charge in [-0.3, -0.25) is 14.4 Å². The number of rotatable bonds is 5. The van der Waals surface area contributed by atoms with Gasteiger partial charge < -0.3 is 14.4 Å². The lowest BCUT2D eigenvalue weighted by atomic mass is 9.94. The molecule has 0 bridgehead atoms. The van der Waals surface area contributed by atoms with Crippen LogP contribution in [0, 0.1) is 0 Å². The first kappa shape index (κ1) is 26.1. The summed E-state index contributed by atoms with van der Waals surface area (Å²) in [7, 11) is 0. The molecule has 2 amide bonds. The van der Waals surface area contributed by atoms with Crippen molar-refractivity contribution in [2.75, 3.05) is 19.6 Å². The van der Waals surface area contributed by atoms with E-state index in [-0.39, 0.29) is 18.0 Å². The standard InChI is InChI=1S/C29H28F3N5O3/c1-2-25(38)34-13-10-22-27-23(37(33-22)21-7-5-19(6-8-21)18-3-4-18)11-14-36(24(27)16-34)28(40)20-9-12-35(26(39)15-20)17-29(30,31)32/h2,5-9,12,15,18,24H,1,3-4,10-11,13-14,16-17H2/t24-/m1/s1. The van der Waals surface area contributed by atoms with Gasteiger partial charge in [0.2, 0.25) is 5.91 Å². The number of carbonyl (C=O) groups is 2. The molecule has 0 radical (unpaired) electrons. The average Bonchev–Trinajstić information content (AvgIpc) is 3.74. The fourth-order valence-corrected chi connectivity index (χ4v) is 5.81. The van der Waals surface area contributed by atoms with Crippen molar-refractivity contribution in [2.45, 2.75) is 50.4 Å². The van der Waals surface area contributed by atoms with Gasteiger partial charge in [-0.1, -0.05) is 18.7 Å². The lowest BCUT2D eigenvalue weighted by Crippen LogP contribution is -2.46. The van der Waals surface area contributed by atoms with Crippen LogP contribution in [0.3, 0.4) is 0 Å². The highest BCUT2D eigenvalue weighted by molar-refractivity contribution is 5.94. The van der Waals surface area contributed by atoms with Crippen molar-refractivity contribution in [3.63, 3.8) is 0 Å². The van der Waals surface area contributed by atoms with Crippen molar-refractivity contribution < 1.29 is 22.8 Å². The number of aromatic nitrogens is 3. The van der Waals surface area contributed by atoms with Crippen LogP contribution in [0.5, 0.6) is 0 Å². The molecule has 0 saturated heterocycles. The fourth-order valence-electron chi connectivity index (χ4n) is 5.81.